The number of hydrogen-bond donors (Lipinski definition) is 1. The molecular weight excluding hydrogens is 376 g/mol. The lowest BCUT2D eigenvalue weighted by atomic mass is 9.98. The number of para-hydroxylation sites is 2. The Balaban J connectivity index is 1.58. The lowest BCUT2D eigenvalue weighted by molar-refractivity contribution is 0.0984. The van der Waals surface area contributed by atoms with Gasteiger partial charge in [0.05, 0.1) is 12.8 Å². The second kappa shape index (κ2) is 8.41. The highest BCUT2D eigenvalue weighted by Gasteiger charge is 2.24. The maximum atomic E-state index is 13.0. The Morgan fingerprint density at radius 1 is 0.967 bits per heavy atom. The molecule has 1 heterocycles. The van der Waals surface area contributed by atoms with E-state index in [1.807, 2.05) is 60.4 Å². The van der Waals surface area contributed by atoms with Crippen LogP contribution in [0.15, 0.2) is 66.7 Å². The van der Waals surface area contributed by atoms with E-state index in [4.69, 9.17) is 4.74 Å². The third-order valence-corrected chi connectivity index (χ3v) is 5.36. The van der Waals surface area contributed by atoms with Gasteiger partial charge in [0, 0.05) is 23.4 Å². The lowest BCUT2D eigenvalue weighted by Crippen LogP contribution is -2.35. The summed E-state index contributed by atoms with van der Waals surface area (Å²) in [5.74, 6) is 0.394. The first-order valence-electron chi connectivity index (χ1n) is 10.0. The Morgan fingerprint density at radius 3 is 2.47 bits per heavy atom. The highest BCUT2D eigenvalue weighted by molar-refractivity contribution is 6.08. The second-order valence-electron chi connectivity index (χ2n) is 7.42. The molecule has 5 nitrogen and oxygen atoms in total. The number of hydrogen-bond acceptors (Lipinski definition) is 3. The van der Waals surface area contributed by atoms with Crippen molar-refractivity contribution in [2.24, 2.45) is 0 Å². The van der Waals surface area contributed by atoms with Gasteiger partial charge < -0.3 is 15.0 Å². The number of benzene rings is 3. The fourth-order valence-corrected chi connectivity index (χ4v) is 3.74. The first kappa shape index (κ1) is 19.7. The Hall–Kier alpha value is -3.60. The van der Waals surface area contributed by atoms with Crippen LogP contribution in [0, 0.1) is 6.92 Å². The van der Waals surface area contributed by atoms with Crippen molar-refractivity contribution in [3.63, 3.8) is 0 Å². The summed E-state index contributed by atoms with van der Waals surface area (Å²) in [6, 6.07) is 20.5. The van der Waals surface area contributed by atoms with Crippen molar-refractivity contribution in [3.8, 4) is 5.75 Å². The molecule has 0 aliphatic carbocycles. The van der Waals surface area contributed by atoms with Crippen molar-refractivity contribution in [2.45, 2.75) is 19.8 Å². The first-order chi connectivity index (χ1) is 14.6. The molecule has 1 aliphatic heterocycles. The Morgan fingerprint density at radius 2 is 1.70 bits per heavy atom. The molecule has 0 aromatic heterocycles. The minimum absolute atomic E-state index is 0.0119. The summed E-state index contributed by atoms with van der Waals surface area (Å²) in [6.07, 6.45) is 1.70. The molecule has 1 N–H and O–H groups in total. The van der Waals surface area contributed by atoms with Gasteiger partial charge in [-0.05, 0) is 67.8 Å². The summed E-state index contributed by atoms with van der Waals surface area (Å²) in [5, 5.41) is 2.91. The van der Waals surface area contributed by atoms with Crippen molar-refractivity contribution in [1.29, 1.82) is 0 Å². The van der Waals surface area contributed by atoms with E-state index in [1.54, 1.807) is 25.3 Å². The minimum Gasteiger partial charge on any atom is -0.495 e. The van der Waals surface area contributed by atoms with Gasteiger partial charge in [-0.3, -0.25) is 9.59 Å². The standard InChI is InChI=1S/C25H24N2O3/c1-17-9-11-18(12-10-17)25(29)27-15-5-6-19-16-20(13-14-22(19)27)24(28)26-21-7-3-4-8-23(21)30-2/h3-4,7-14,16H,5-6,15H2,1-2H3,(H,26,28). The molecular formula is C25H24N2O3. The van der Waals surface area contributed by atoms with E-state index in [0.29, 0.717) is 29.1 Å². The number of aryl methyl sites for hydroxylation is 2. The van der Waals surface area contributed by atoms with Crippen molar-refractivity contribution in [3.05, 3.63) is 89.0 Å². The number of fused-ring (bicyclic) bond motifs is 1. The Bertz CT molecular complexity index is 1090. The largest absolute Gasteiger partial charge is 0.495 e. The number of methoxy groups -OCH3 is 1. The summed E-state index contributed by atoms with van der Waals surface area (Å²) in [4.78, 5) is 27.6. The van der Waals surface area contributed by atoms with Gasteiger partial charge in [0.15, 0.2) is 0 Å². The molecule has 0 saturated heterocycles. The van der Waals surface area contributed by atoms with Crippen LogP contribution in [0.5, 0.6) is 5.75 Å². The van der Waals surface area contributed by atoms with Crippen molar-refractivity contribution >= 4 is 23.2 Å². The van der Waals surface area contributed by atoms with Crippen LogP contribution in [0.3, 0.4) is 0 Å². The zero-order valence-electron chi connectivity index (χ0n) is 17.1. The molecule has 0 radical (unpaired) electrons. The molecule has 0 unspecified atom stereocenters. The summed E-state index contributed by atoms with van der Waals surface area (Å²) in [7, 11) is 1.57. The molecule has 3 aromatic carbocycles. The van der Waals surface area contributed by atoms with Crippen molar-refractivity contribution in [1.82, 2.24) is 0 Å². The third kappa shape index (κ3) is 3.92. The molecule has 2 amide bonds. The molecule has 0 fully saturated rings. The monoisotopic (exact) mass is 400 g/mol. The van der Waals surface area contributed by atoms with E-state index in [9.17, 15) is 9.59 Å². The quantitative estimate of drug-likeness (QED) is 0.681. The van der Waals surface area contributed by atoms with Crippen molar-refractivity contribution < 1.29 is 14.3 Å². The molecule has 0 atom stereocenters. The normalized spacial score (nSPS) is 12.8. The molecule has 0 bridgehead atoms. The predicted octanol–water partition coefficient (Wildman–Crippen LogP) is 4.85. The maximum absolute atomic E-state index is 13.0. The number of anilines is 2. The topological polar surface area (TPSA) is 58.6 Å². The van der Waals surface area contributed by atoms with Gasteiger partial charge in [-0.15, -0.1) is 0 Å². The van der Waals surface area contributed by atoms with Gasteiger partial charge in [-0.1, -0.05) is 29.8 Å². The lowest BCUT2D eigenvalue weighted by Gasteiger charge is -2.30. The molecule has 4 rings (SSSR count). The van der Waals surface area contributed by atoms with Crippen LogP contribution >= 0.6 is 0 Å². The Kier molecular flexibility index (Phi) is 5.53. The smallest absolute Gasteiger partial charge is 0.258 e. The van der Waals surface area contributed by atoms with Crippen LogP contribution in [0.2, 0.25) is 0 Å². The van der Waals surface area contributed by atoms with Crippen LogP contribution in [-0.4, -0.2) is 25.5 Å². The highest BCUT2D eigenvalue weighted by atomic mass is 16.5. The highest BCUT2D eigenvalue weighted by Crippen LogP contribution is 2.30. The maximum Gasteiger partial charge on any atom is 0.258 e. The van der Waals surface area contributed by atoms with Crippen molar-refractivity contribution in [2.75, 3.05) is 23.9 Å². The fourth-order valence-electron chi connectivity index (χ4n) is 3.74. The van der Waals surface area contributed by atoms with Gasteiger partial charge in [-0.25, -0.2) is 0 Å². The van der Waals surface area contributed by atoms with Crippen LogP contribution in [0.4, 0.5) is 11.4 Å². The van der Waals surface area contributed by atoms with Crippen LogP contribution < -0.4 is 15.0 Å². The fraction of sp³-hybridized carbons (Fsp3) is 0.200. The number of rotatable bonds is 4. The average Bonchev–Trinajstić information content (AvgIpc) is 2.78. The summed E-state index contributed by atoms with van der Waals surface area (Å²) >= 11 is 0. The molecule has 5 heteroatoms. The van der Waals surface area contributed by atoms with Crippen LogP contribution in [0.25, 0.3) is 0 Å². The van der Waals surface area contributed by atoms with Crippen LogP contribution in [0.1, 0.15) is 38.3 Å². The summed E-state index contributed by atoms with van der Waals surface area (Å²) < 4.78 is 5.30. The Labute approximate surface area is 176 Å². The summed E-state index contributed by atoms with van der Waals surface area (Å²) in [5.41, 5.74) is 4.86. The van der Waals surface area contributed by atoms with Gasteiger partial charge >= 0.3 is 0 Å². The molecule has 0 spiro atoms. The number of nitrogens with zero attached hydrogens (tertiary/aromatic N) is 1. The van der Waals surface area contributed by atoms with E-state index < -0.39 is 0 Å². The van der Waals surface area contributed by atoms with Gasteiger partial charge in [0.25, 0.3) is 11.8 Å². The zero-order chi connectivity index (χ0) is 21.1. The van der Waals surface area contributed by atoms with E-state index >= 15 is 0 Å². The SMILES string of the molecule is COc1ccccc1NC(=O)c1ccc2c(c1)CCCN2C(=O)c1ccc(C)cc1. The third-order valence-electron chi connectivity index (χ3n) is 5.36. The first-order valence-corrected chi connectivity index (χ1v) is 10.0. The average molecular weight is 400 g/mol. The van der Waals surface area contributed by atoms with E-state index in [-0.39, 0.29) is 11.8 Å². The number of amides is 2. The number of carbonyl (C=O) groups excluding carboxylic acids is 2. The minimum atomic E-state index is -0.204. The van der Waals surface area contributed by atoms with Gasteiger partial charge in [-0.2, -0.15) is 0 Å². The predicted molar refractivity (Wildman–Crippen MR) is 119 cm³/mol. The van der Waals surface area contributed by atoms with E-state index in [0.717, 1.165) is 29.7 Å². The summed E-state index contributed by atoms with van der Waals surface area (Å²) in [6.45, 7) is 2.68. The van der Waals surface area contributed by atoms with E-state index in [1.165, 1.54) is 0 Å². The van der Waals surface area contributed by atoms with Gasteiger partial charge in [0.2, 0.25) is 0 Å². The second-order valence-corrected chi connectivity index (χ2v) is 7.42. The number of nitrogens with one attached hydrogen (secondary N) is 1. The molecule has 1 aliphatic rings. The van der Waals surface area contributed by atoms with Gasteiger partial charge in [0.1, 0.15) is 5.75 Å². The molecule has 152 valence electrons. The number of carbonyl (C=O) groups is 2. The molecule has 30 heavy (non-hydrogen) atoms. The number of ether oxygens (including phenoxy) is 1. The molecule has 0 saturated carbocycles. The van der Waals surface area contributed by atoms with E-state index in [2.05, 4.69) is 5.32 Å². The molecule has 3 aromatic rings. The zero-order valence-corrected chi connectivity index (χ0v) is 17.1. The van der Waals surface area contributed by atoms with Crippen LogP contribution in [-0.2, 0) is 6.42 Å².